The van der Waals surface area contributed by atoms with E-state index >= 15 is 0 Å². The highest BCUT2D eigenvalue weighted by molar-refractivity contribution is 9.10. The molecular weight excluding hydrogens is 304 g/mol. The predicted octanol–water partition coefficient (Wildman–Crippen LogP) is 0.552. The summed E-state index contributed by atoms with van der Waals surface area (Å²) >= 11 is 3.15. The molecule has 0 aliphatic carbocycles. The number of ether oxygens (including phenoxy) is 1. The van der Waals surface area contributed by atoms with Gasteiger partial charge >= 0.3 is 0 Å². The fraction of sp³-hybridized carbons (Fsp3) is 0.500. The fourth-order valence-electron chi connectivity index (χ4n) is 2.14. The molecule has 0 bridgehead atoms. The Hall–Kier alpha value is -1.25. The lowest BCUT2D eigenvalue weighted by Crippen LogP contribution is -2.15. The number of nitrogens with one attached hydrogen (secondary N) is 1. The van der Waals surface area contributed by atoms with Crippen molar-refractivity contribution in [3.05, 3.63) is 21.4 Å². The van der Waals surface area contributed by atoms with E-state index in [9.17, 15) is 4.79 Å². The molecule has 0 radical (unpaired) electrons. The molecule has 0 amide bonds. The minimum Gasteiger partial charge on any atom is -0.394 e. The van der Waals surface area contributed by atoms with Gasteiger partial charge in [0.1, 0.15) is 6.23 Å². The van der Waals surface area contributed by atoms with Crippen LogP contribution in [0.1, 0.15) is 19.1 Å². The molecule has 18 heavy (non-hydrogen) atoms. The fourth-order valence-corrected chi connectivity index (χ4v) is 2.48. The molecule has 0 aromatic carbocycles. The second kappa shape index (κ2) is 4.45. The molecule has 0 unspecified atom stereocenters. The van der Waals surface area contributed by atoms with Crippen LogP contribution >= 0.6 is 15.9 Å². The van der Waals surface area contributed by atoms with Crippen molar-refractivity contribution in [2.75, 3.05) is 6.61 Å². The normalized spacial score (nSPS) is 23.9. The molecule has 1 saturated heterocycles. The molecule has 1 aliphatic rings. The smallest absolute Gasteiger partial charge is 0.279 e. The number of hydrogen-bond acceptors (Lipinski definition) is 5. The summed E-state index contributed by atoms with van der Waals surface area (Å²) in [7, 11) is 0. The van der Waals surface area contributed by atoms with Gasteiger partial charge in [0, 0.05) is 0 Å². The topological polar surface area (TPSA) is 93.0 Å². The summed E-state index contributed by atoms with van der Waals surface area (Å²) in [5.41, 5.74) is 0.478. The number of imidazole rings is 1. The number of nitrogens with zero attached hydrogens (tertiary/aromatic N) is 3. The molecule has 0 saturated carbocycles. The molecule has 0 spiro atoms. The van der Waals surface area contributed by atoms with Gasteiger partial charge in [-0.15, -0.1) is 0 Å². The molecule has 8 heteroatoms. The van der Waals surface area contributed by atoms with Crippen molar-refractivity contribution in [3.63, 3.8) is 0 Å². The maximum absolute atomic E-state index is 11.7. The monoisotopic (exact) mass is 314 g/mol. The second-order valence-corrected chi connectivity index (χ2v) is 4.90. The number of rotatable bonds is 2. The lowest BCUT2D eigenvalue weighted by molar-refractivity contribution is -0.0207. The number of fused-ring (bicyclic) bond motifs is 1. The quantitative estimate of drug-likeness (QED) is 0.790. The Balaban J connectivity index is 2.05. The van der Waals surface area contributed by atoms with Crippen molar-refractivity contribution in [2.45, 2.75) is 25.2 Å². The molecule has 1 fully saturated rings. The standard InChI is InChI=1S/C10H11BrN4O3/c11-10-13-8-7(9(17)14-10)12-4-15(8)6-2-1-5(3-16)18-6/h4-6,16H,1-3H2,(H,13,14,17)/t5-,6+/m0/s1. The van der Waals surface area contributed by atoms with E-state index in [4.69, 9.17) is 9.84 Å². The molecule has 1 aliphatic heterocycles. The zero-order valence-electron chi connectivity index (χ0n) is 9.34. The zero-order chi connectivity index (χ0) is 12.7. The summed E-state index contributed by atoms with van der Waals surface area (Å²) in [6.07, 6.45) is 2.71. The van der Waals surface area contributed by atoms with Crippen LogP contribution in [0, 0.1) is 0 Å². The maximum Gasteiger partial charge on any atom is 0.279 e. The van der Waals surface area contributed by atoms with Gasteiger partial charge in [-0.25, -0.2) is 9.97 Å². The van der Waals surface area contributed by atoms with Gasteiger partial charge in [0.15, 0.2) is 15.9 Å². The lowest BCUT2D eigenvalue weighted by Gasteiger charge is -2.13. The minimum atomic E-state index is -0.290. The van der Waals surface area contributed by atoms with Crippen LogP contribution in [0.25, 0.3) is 11.2 Å². The second-order valence-electron chi connectivity index (χ2n) is 4.15. The molecule has 96 valence electrons. The van der Waals surface area contributed by atoms with E-state index in [1.807, 2.05) is 0 Å². The van der Waals surface area contributed by atoms with Crippen LogP contribution < -0.4 is 5.56 Å². The highest BCUT2D eigenvalue weighted by atomic mass is 79.9. The van der Waals surface area contributed by atoms with Gasteiger partial charge < -0.3 is 9.84 Å². The Labute approximate surface area is 110 Å². The third-order valence-corrected chi connectivity index (χ3v) is 3.38. The summed E-state index contributed by atoms with van der Waals surface area (Å²) in [4.78, 5) is 22.5. The Morgan fingerprint density at radius 1 is 1.61 bits per heavy atom. The summed E-state index contributed by atoms with van der Waals surface area (Å²) < 4.78 is 7.74. The van der Waals surface area contributed by atoms with E-state index in [2.05, 4.69) is 30.9 Å². The van der Waals surface area contributed by atoms with Crippen molar-refractivity contribution < 1.29 is 9.84 Å². The molecule has 2 aromatic heterocycles. The van der Waals surface area contributed by atoms with Gasteiger partial charge in [-0.2, -0.15) is 0 Å². The molecule has 2 N–H and O–H groups in total. The number of aromatic nitrogens is 4. The van der Waals surface area contributed by atoms with E-state index in [-0.39, 0.29) is 30.0 Å². The average Bonchev–Trinajstić information content (AvgIpc) is 2.93. The summed E-state index contributed by atoms with van der Waals surface area (Å²) in [5, 5.41) is 9.05. The summed E-state index contributed by atoms with van der Waals surface area (Å²) in [6.45, 7) is 0.000829. The van der Waals surface area contributed by atoms with E-state index in [0.29, 0.717) is 10.4 Å². The third kappa shape index (κ3) is 1.86. The van der Waals surface area contributed by atoms with E-state index < -0.39 is 0 Å². The summed E-state index contributed by atoms with van der Waals surface area (Å²) in [6, 6.07) is 0. The summed E-state index contributed by atoms with van der Waals surface area (Å²) in [5.74, 6) is 0. The first-order valence-electron chi connectivity index (χ1n) is 5.57. The largest absolute Gasteiger partial charge is 0.394 e. The first-order chi connectivity index (χ1) is 8.69. The molecular formula is C10H11BrN4O3. The van der Waals surface area contributed by atoms with Gasteiger partial charge in [0.05, 0.1) is 19.0 Å². The number of hydrogen-bond donors (Lipinski definition) is 2. The maximum atomic E-state index is 11.7. The minimum absolute atomic E-state index is 0.000829. The van der Waals surface area contributed by atoms with Crippen molar-refractivity contribution in [1.29, 1.82) is 0 Å². The average molecular weight is 315 g/mol. The van der Waals surface area contributed by atoms with Crippen molar-refractivity contribution >= 4 is 27.1 Å². The Morgan fingerprint density at radius 2 is 2.44 bits per heavy atom. The SMILES string of the molecule is O=c1[nH]c(Br)nc2c1ncn2[C@H]1CC[C@@H](CO)O1. The number of H-pyrrole nitrogens is 1. The van der Waals surface area contributed by atoms with Crippen LogP contribution in [0.15, 0.2) is 15.9 Å². The Bertz CT molecular complexity index is 638. The van der Waals surface area contributed by atoms with Crippen LogP contribution in [-0.2, 0) is 4.74 Å². The molecule has 2 atom stereocenters. The lowest BCUT2D eigenvalue weighted by atomic mass is 10.2. The number of halogens is 1. The third-order valence-electron chi connectivity index (χ3n) is 3.00. The van der Waals surface area contributed by atoms with Gasteiger partial charge in [0.2, 0.25) is 0 Å². The Kier molecular flexibility index (Phi) is 2.92. The van der Waals surface area contributed by atoms with Gasteiger partial charge in [0.25, 0.3) is 5.56 Å². The van der Waals surface area contributed by atoms with Crippen LogP contribution in [0.4, 0.5) is 0 Å². The van der Waals surface area contributed by atoms with Crippen molar-refractivity contribution in [2.24, 2.45) is 0 Å². The molecule has 3 heterocycles. The van der Waals surface area contributed by atoms with Crippen LogP contribution in [0.2, 0.25) is 0 Å². The van der Waals surface area contributed by atoms with Crippen molar-refractivity contribution in [3.8, 4) is 0 Å². The molecule has 7 nitrogen and oxygen atoms in total. The molecule has 3 rings (SSSR count). The van der Waals surface area contributed by atoms with Crippen LogP contribution in [-0.4, -0.2) is 37.3 Å². The van der Waals surface area contributed by atoms with Crippen LogP contribution in [0.5, 0.6) is 0 Å². The Morgan fingerprint density at radius 3 is 3.17 bits per heavy atom. The van der Waals surface area contributed by atoms with E-state index in [1.54, 1.807) is 10.9 Å². The number of aromatic amines is 1. The highest BCUT2D eigenvalue weighted by Crippen LogP contribution is 2.29. The van der Waals surface area contributed by atoms with Crippen molar-refractivity contribution in [1.82, 2.24) is 19.5 Å². The van der Waals surface area contributed by atoms with E-state index in [0.717, 1.165) is 12.8 Å². The number of aliphatic hydroxyl groups excluding tert-OH is 1. The first-order valence-corrected chi connectivity index (χ1v) is 6.37. The van der Waals surface area contributed by atoms with Gasteiger partial charge in [-0.05, 0) is 28.8 Å². The number of aliphatic hydroxyl groups is 1. The predicted molar refractivity (Wildman–Crippen MR) is 66.1 cm³/mol. The first kappa shape index (κ1) is 11.8. The van der Waals surface area contributed by atoms with E-state index in [1.165, 1.54) is 0 Å². The zero-order valence-corrected chi connectivity index (χ0v) is 10.9. The van der Waals surface area contributed by atoms with Gasteiger partial charge in [-0.3, -0.25) is 14.3 Å². The van der Waals surface area contributed by atoms with Crippen LogP contribution in [0.3, 0.4) is 0 Å². The van der Waals surface area contributed by atoms with Gasteiger partial charge in [-0.1, -0.05) is 0 Å². The molecule has 2 aromatic rings. The highest BCUT2D eigenvalue weighted by Gasteiger charge is 2.27.